The van der Waals surface area contributed by atoms with Crippen molar-refractivity contribution in [1.29, 1.82) is 5.26 Å². The van der Waals surface area contributed by atoms with Crippen molar-refractivity contribution in [2.24, 2.45) is 0 Å². The number of rotatable bonds is 3. The molecule has 3 rings (SSSR count). The molecule has 0 spiro atoms. The molecule has 5 heteroatoms. The van der Waals surface area contributed by atoms with Gasteiger partial charge in [-0.2, -0.15) is 5.26 Å². The second-order valence-corrected chi connectivity index (χ2v) is 6.23. The summed E-state index contributed by atoms with van der Waals surface area (Å²) < 4.78 is 0. The highest BCUT2D eigenvalue weighted by molar-refractivity contribution is 5.97. The van der Waals surface area contributed by atoms with Crippen molar-refractivity contribution in [2.75, 3.05) is 18.5 Å². The summed E-state index contributed by atoms with van der Waals surface area (Å²) in [6.07, 6.45) is 0.773. The predicted molar refractivity (Wildman–Crippen MR) is 95.1 cm³/mol. The van der Waals surface area contributed by atoms with E-state index in [1.807, 2.05) is 24.3 Å². The average molecular weight is 333 g/mol. The van der Waals surface area contributed by atoms with Crippen molar-refractivity contribution in [3.8, 4) is 6.07 Å². The van der Waals surface area contributed by atoms with Gasteiger partial charge >= 0.3 is 0 Å². The van der Waals surface area contributed by atoms with Gasteiger partial charge in [-0.05, 0) is 47.9 Å². The third-order valence-electron chi connectivity index (χ3n) is 4.45. The first-order chi connectivity index (χ1) is 12.0. The highest BCUT2D eigenvalue weighted by atomic mass is 16.2. The highest BCUT2D eigenvalue weighted by Gasteiger charge is 2.23. The first kappa shape index (κ1) is 16.7. The first-order valence-corrected chi connectivity index (χ1v) is 8.15. The van der Waals surface area contributed by atoms with E-state index in [1.165, 1.54) is 0 Å². The number of hydrogen-bond donors (Lipinski definition) is 0. The molecule has 25 heavy (non-hydrogen) atoms. The van der Waals surface area contributed by atoms with Crippen molar-refractivity contribution in [2.45, 2.75) is 19.9 Å². The van der Waals surface area contributed by atoms with E-state index in [4.69, 9.17) is 5.26 Å². The fraction of sp³-hybridized carbons (Fsp3) is 0.250. The molecule has 2 aromatic rings. The number of benzene rings is 2. The van der Waals surface area contributed by atoms with Crippen LogP contribution in [0.15, 0.2) is 42.5 Å². The summed E-state index contributed by atoms with van der Waals surface area (Å²) in [7, 11) is 1.76. The number of nitriles is 1. The average Bonchev–Trinajstić information content (AvgIpc) is 3.05. The lowest BCUT2D eigenvalue weighted by Crippen LogP contribution is -2.27. The van der Waals surface area contributed by atoms with Crippen molar-refractivity contribution in [3.63, 3.8) is 0 Å². The van der Waals surface area contributed by atoms with Crippen molar-refractivity contribution >= 4 is 17.5 Å². The standard InChI is InChI=1S/C20H19N3O2/c1-14(24)23-10-9-17-11-18(7-8-19(17)23)20(25)22(2)13-16-5-3-15(12-21)4-6-16/h3-8,11H,9-10,13H2,1-2H3. The lowest BCUT2D eigenvalue weighted by atomic mass is 10.1. The summed E-state index contributed by atoms with van der Waals surface area (Å²) in [6.45, 7) is 2.70. The normalized spacial score (nSPS) is 12.4. The second-order valence-electron chi connectivity index (χ2n) is 6.23. The van der Waals surface area contributed by atoms with Gasteiger partial charge in [0.05, 0.1) is 11.6 Å². The Bertz CT molecular complexity index is 866. The zero-order valence-electron chi connectivity index (χ0n) is 14.3. The summed E-state index contributed by atoms with van der Waals surface area (Å²) in [6, 6.07) is 14.8. The number of carbonyl (C=O) groups excluding carboxylic acids is 2. The van der Waals surface area contributed by atoms with Gasteiger partial charge in [0.1, 0.15) is 0 Å². The molecule has 0 atom stereocenters. The van der Waals surface area contributed by atoms with E-state index in [9.17, 15) is 9.59 Å². The lowest BCUT2D eigenvalue weighted by Gasteiger charge is -2.19. The molecule has 2 amide bonds. The first-order valence-electron chi connectivity index (χ1n) is 8.15. The molecule has 0 aromatic heterocycles. The molecule has 126 valence electrons. The van der Waals surface area contributed by atoms with E-state index < -0.39 is 0 Å². The largest absolute Gasteiger partial charge is 0.337 e. The van der Waals surface area contributed by atoms with Gasteiger partial charge in [-0.1, -0.05) is 12.1 Å². The van der Waals surface area contributed by atoms with Gasteiger partial charge in [0, 0.05) is 38.3 Å². The minimum Gasteiger partial charge on any atom is -0.337 e. The van der Waals surface area contributed by atoms with Gasteiger partial charge in [-0.15, -0.1) is 0 Å². The molecule has 2 aromatic carbocycles. The topological polar surface area (TPSA) is 64.4 Å². The second kappa shape index (κ2) is 6.78. The Kier molecular flexibility index (Phi) is 4.53. The molecule has 1 heterocycles. The highest BCUT2D eigenvalue weighted by Crippen LogP contribution is 2.29. The van der Waals surface area contributed by atoms with E-state index in [1.54, 1.807) is 42.0 Å². The molecule has 0 bridgehead atoms. The van der Waals surface area contributed by atoms with Crippen LogP contribution in [0.25, 0.3) is 0 Å². The quantitative estimate of drug-likeness (QED) is 0.867. The molecule has 0 N–H and O–H groups in total. The summed E-state index contributed by atoms with van der Waals surface area (Å²) >= 11 is 0. The maximum Gasteiger partial charge on any atom is 0.253 e. The number of hydrogen-bond acceptors (Lipinski definition) is 3. The van der Waals surface area contributed by atoms with Gasteiger partial charge in [-0.3, -0.25) is 9.59 Å². The van der Waals surface area contributed by atoms with Crippen LogP contribution in [0.5, 0.6) is 0 Å². The molecule has 0 unspecified atom stereocenters. The van der Waals surface area contributed by atoms with E-state index in [2.05, 4.69) is 6.07 Å². The van der Waals surface area contributed by atoms with E-state index >= 15 is 0 Å². The Hall–Kier alpha value is -3.13. The van der Waals surface area contributed by atoms with Crippen LogP contribution in [0.3, 0.4) is 0 Å². The number of carbonyl (C=O) groups is 2. The third kappa shape index (κ3) is 3.38. The smallest absolute Gasteiger partial charge is 0.253 e. The molecule has 0 radical (unpaired) electrons. The fourth-order valence-corrected chi connectivity index (χ4v) is 3.11. The van der Waals surface area contributed by atoms with Crippen LogP contribution in [-0.2, 0) is 17.8 Å². The molecule has 0 saturated carbocycles. The maximum absolute atomic E-state index is 12.7. The Balaban J connectivity index is 1.74. The van der Waals surface area contributed by atoms with E-state index in [0.717, 1.165) is 23.2 Å². The van der Waals surface area contributed by atoms with Crippen molar-refractivity contribution in [1.82, 2.24) is 4.90 Å². The molecule has 0 fully saturated rings. The van der Waals surface area contributed by atoms with Gasteiger partial charge in [0.25, 0.3) is 5.91 Å². The van der Waals surface area contributed by atoms with Crippen LogP contribution in [0.4, 0.5) is 5.69 Å². The minimum atomic E-state index is -0.0616. The number of anilines is 1. The molecule has 5 nitrogen and oxygen atoms in total. The molecular weight excluding hydrogens is 314 g/mol. The number of amides is 2. The predicted octanol–water partition coefficient (Wildman–Crippen LogP) is 2.74. The SMILES string of the molecule is CC(=O)N1CCc2cc(C(=O)N(C)Cc3ccc(C#N)cc3)ccc21. The lowest BCUT2D eigenvalue weighted by molar-refractivity contribution is -0.116. The Morgan fingerprint density at radius 2 is 1.92 bits per heavy atom. The van der Waals surface area contributed by atoms with Crippen LogP contribution in [0, 0.1) is 11.3 Å². The van der Waals surface area contributed by atoms with Gasteiger partial charge in [0.15, 0.2) is 0 Å². The summed E-state index contributed by atoms with van der Waals surface area (Å²) in [5, 5.41) is 8.84. The summed E-state index contributed by atoms with van der Waals surface area (Å²) in [5.41, 5.74) is 4.14. The molecule has 1 aliphatic heterocycles. The van der Waals surface area contributed by atoms with Crippen LogP contribution in [0.2, 0.25) is 0 Å². The Morgan fingerprint density at radius 1 is 1.20 bits per heavy atom. The minimum absolute atomic E-state index is 0.0239. The van der Waals surface area contributed by atoms with Gasteiger partial charge in [-0.25, -0.2) is 0 Å². The van der Waals surface area contributed by atoms with E-state index in [-0.39, 0.29) is 11.8 Å². The number of fused-ring (bicyclic) bond motifs is 1. The van der Waals surface area contributed by atoms with Crippen LogP contribution in [0.1, 0.15) is 34.0 Å². The summed E-state index contributed by atoms with van der Waals surface area (Å²) in [5.74, 6) is -0.0378. The third-order valence-corrected chi connectivity index (χ3v) is 4.45. The maximum atomic E-state index is 12.7. The number of nitrogens with zero attached hydrogens (tertiary/aromatic N) is 3. The monoisotopic (exact) mass is 333 g/mol. The molecule has 0 aliphatic carbocycles. The van der Waals surface area contributed by atoms with Crippen molar-refractivity contribution < 1.29 is 9.59 Å². The van der Waals surface area contributed by atoms with Crippen LogP contribution >= 0.6 is 0 Å². The van der Waals surface area contributed by atoms with E-state index in [0.29, 0.717) is 24.2 Å². The van der Waals surface area contributed by atoms with Gasteiger partial charge in [0.2, 0.25) is 5.91 Å². The Morgan fingerprint density at radius 3 is 2.56 bits per heavy atom. The fourth-order valence-electron chi connectivity index (χ4n) is 3.11. The zero-order valence-corrected chi connectivity index (χ0v) is 14.3. The van der Waals surface area contributed by atoms with Crippen LogP contribution in [-0.4, -0.2) is 30.3 Å². The molecular formula is C20H19N3O2. The van der Waals surface area contributed by atoms with Crippen LogP contribution < -0.4 is 4.90 Å². The molecule has 1 aliphatic rings. The molecule has 0 saturated heterocycles. The van der Waals surface area contributed by atoms with Crippen molar-refractivity contribution in [3.05, 3.63) is 64.7 Å². The summed E-state index contributed by atoms with van der Waals surface area (Å²) in [4.78, 5) is 27.7. The Labute approximate surface area is 147 Å². The zero-order chi connectivity index (χ0) is 18.0. The van der Waals surface area contributed by atoms with Gasteiger partial charge < -0.3 is 9.80 Å².